The molecule has 3 rings (SSSR count). The Balaban J connectivity index is 2.16. The molecule has 3 nitrogen and oxygen atoms in total. The normalized spacial score (nSPS) is 16.5. The van der Waals surface area contributed by atoms with E-state index in [2.05, 4.69) is 23.2 Å². The average Bonchev–Trinajstić information content (AvgIpc) is 2.95. The summed E-state index contributed by atoms with van der Waals surface area (Å²) >= 11 is 8.26. The maximum Gasteiger partial charge on any atom is 0.210 e. The third-order valence-electron chi connectivity index (χ3n) is 3.06. The third-order valence-corrected chi connectivity index (χ3v) is 5.60. The molecule has 1 aliphatic rings. The molecule has 0 atom stereocenters. The van der Waals surface area contributed by atoms with Crippen molar-refractivity contribution in [1.29, 1.82) is 0 Å². The minimum atomic E-state index is 0.224. The molecule has 0 amide bonds. The predicted molar refractivity (Wildman–Crippen MR) is 89.8 cm³/mol. The first-order chi connectivity index (χ1) is 9.58. The Morgan fingerprint density at radius 2 is 2.15 bits per heavy atom. The highest BCUT2D eigenvalue weighted by Gasteiger charge is 2.07. The summed E-state index contributed by atoms with van der Waals surface area (Å²) in [6.45, 7) is 0. The molecular weight excluding hydrogens is 308 g/mol. The molecule has 2 heterocycles. The van der Waals surface area contributed by atoms with Crippen LogP contribution in [0.2, 0.25) is 0 Å². The van der Waals surface area contributed by atoms with Gasteiger partial charge in [-0.25, -0.2) is 0 Å². The quantitative estimate of drug-likeness (QED) is 0.819. The van der Waals surface area contributed by atoms with Crippen molar-refractivity contribution in [2.45, 2.75) is 0 Å². The molecule has 0 fully saturated rings. The van der Waals surface area contributed by atoms with Gasteiger partial charge >= 0.3 is 0 Å². The maximum absolute atomic E-state index is 10.0. The second-order valence-electron chi connectivity index (χ2n) is 4.35. The van der Waals surface area contributed by atoms with Crippen molar-refractivity contribution < 1.29 is 5.11 Å². The van der Waals surface area contributed by atoms with Crippen molar-refractivity contribution in [3.05, 3.63) is 35.6 Å². The Morgan fingerprint density at radius 3 is 2.80 bits per heavy atom. The van der Waals surface area contributed by atoms with Crippen LogP contribution >= 0.6 is 34.9 Å². The third kappa shape index (κ3) is 2.30. The van der Waals surface area contributed by atoms with E-state index in [1.807, 2.05) is 12.2 Å². The Hall–Kier alpha value is -1.50. The van der Waals surface area contributed by atoms with Crippen LogP contribution in [-0.4, -0.2) is 22.4 Å². The van der Waals surface area contributed by atoms with Crippen molar-refractivity contribution in [1.82, 2.24) is 4.57 Å². The summed E-state index contributed by atoms with van der Waals surface area (Å²) in [7, 11) is 3.56. The summed E-state index contributed by atoms with van der Waals surface area (Å²) in [4.78, 5) is 4.98. The molecule has 1 N–H and O–H groups in total. The number of fused-ring (bicyclic) bond motifs is 1. The lowest BCUT2D eigenvalue weighted by Gasteiger charge is -1.96. The number of thiophene rings is 1. The summed E-state index contributed by atoms with van der Waals surface area (Å²) in [6, 6.07) is 2.11. The van der Waals surface area contributed by atoms with E-state index in [1.54, 1.807) is 30.0 Å². The fourth-order valence-electron chi connectivity index (χ4n) is 1.93. The predicted octanol–water partition coefficient (Wildman–Crippen LogP) is 2.29. The monoisotopic (exact) mass is 320 g/mol. The SMILES string of the molecule is CN=C1C=Cc2c/c(=C/c3sc(=S)n(C)c3O)sc2=C1. The Morgan fingerprint density at radius 1 is 1.35 bits per heavy atom. The summed E-state index contributed by atoms with van der Waals surface area (Å²) in [5.41, 5.74) is 2.16. The van der Waals surface area contributed by atoms with E-state index >= 15 is 0 Å². The van der Waals surface area contributed by atoms with Crippen LogP contribution in [0.15, 0.2) is 17.1 Å². The number of nitrogens with zero attached hydrogens (tertiary/aromatic N) is 2. The van der Waals surface area contributed by atoms with Gasteiger partial charge in [0.2, 0.25) is 5.88 Å². The number of rotatable bonds is 1. The molecule has 0 radical (unpaired) electrons. The van der Waals surface area contributed by atoms with Gasteiger partial charge in [-0.2, -0.15) is 0 Å². The van der Waals surface area contributed by atoms with Gasteiger partial charge in [0.1, 0.15) is 0 Å². The summed E-state index contributed by atoms with van der Waals surface area (Å²) in [5, 5.41) is 10.0. The fourth-order valence-corrected chi connectivity index (χ4v) is 4.23. The Labute approximate surface area is 129 Å². The lowest BCUT2D eigenvalue weighted by Crippen LogP contribution is -2.05. The van der Waals surface area contributed by atoms with Crippen LogP contribution in [0.3, 0.4) is 0 Å². The smallest absolute Gasteiger partial charge is 0.210 e. The minimum Gasteiger partial charge on any atom is -0.493 e. The van der Waals surface area contributed by atoms with Gasteiger partial charge in [-0.15, -0.1) is 22.7 Å². The van der Waals surface area contributed by atoms with Gasteiger partial charge in [0, 0.05) is 23.2 Å². The number of allylic oxidation sites excluding steroid dienone is 1. The van der Waals surface area contributed by atoms with Gasteiger partial charge in [-0.3, -0.25) is 9.56 Å². The topological polar surface area (TPSA) is 37.5 Å². The number of aromatic hydroxyl groups is 1. The van der Waals surface area contributed by atoms with Crippen LogP contribution < -0.4 is 9.06 Å². The van der Waals surface area contributed by atoms with Crippen LogP contribution in [0.1, 0.15) is 10.4 Å². The molecule has 2 aromatic heterocycles. The van der Waals surface area contributed by atoms with Gasteiger partial charge < -0.3 is 5.11 Å². The number of aliphatic imine (C=N–C) groups is 1. The molecule has 0 spiro atoms. The van der Waals surface area contributed by atoms with Crippen molar-refractivity contribution in [2.24, 2.45) is 12.0 Å². The molecule has 0 aromatic carbocycles. The van der Waals surface area contributed by atoms with E-state index in [1.165, 1.54) is 21.4 Å². The molecule has 2 aromatic rings. The van der Waals surface area contributed by atoms with E-state index in [-0.39, 0.29) is 5.88 Å². The zero-order chi connectivity index (χ0) is 14.3. The van der Waals surface area contributed by atoms with E-state index < -0.39 is 0 Å². The molecule has 1 aliphatic carbocycles. The lowest BCUT2D eigenvalue weighted by atomic mass is 10.1. The highest BCUT2D eigenvalue weighted by atomic mass is 32.1. The number of aromatic nitrogens is 1. The van der Waals surface area contributed by atoms with Crippen LogP contribution in [0.25, 0.3) is 18.2 Å². The van der Waals surface area contributed by atoms with Crippen LogP contribution in [-0.2, 0) is 7.05 Å². The zero-order valence-electron chi connectivity index (χ0n) is 11.0. The van der Waals surface area contributed by atoms with Crippen LogP contribution in [0.4, 0.5) is 0 Å². The molecule has 0 aliphatic heterocycles. The highest BCUT2D eigenvalue weighted by molar-refractivity contribution is 7.73. The number of hydrogen-bond acceptors (Lipinski definition) is 5. The maximum atomic E-state index is 10.0. The number of thiazole rings is 1. The molecule has 6 heteroatoms. The van der Waals surface area contributed by atoms with Crippen molar-refractivity contribution >= 4 is 58.8 Å². The second-order valence-corrected chi connectivity index (χ2v) is 7.14. The Bertz CT molecular complexity index is 909. The largest absolute Gasteiger partial charge is 0.493 e. The van der Waals surface area contributed by atoms with Crippen molar-refractivity contribution in [3.63, 3.8) is 0 Å². The lowest BCUT2D eigenvalue weighted by molar-refractivity contribution is 0.430. The number of hydrogen-bond donors (Lipinski definition) is 1. The first-order valence-corrected chi connectivity index (χ1v) is 7.99. The molecule has 102 valence electrons. The first kappa shape index (κ1) is 13.5. The molecule has 0 saturated heterocycles. The summed E-state index contributed by atoms with van der Waals surface area (Å²) in [6.07, 6.45) is 8.12. The Kier molecular flexibility index (Phi) is 3.45. The van der Waals surface area contributed by atoms with Crippen molar-refractivity contribution in [2.75, 3.05) is 7.05 Å². The van der Waals surface area contributed by atoms with Gasteiger partial charge in [0.05, 0.1) is 10.6 Å². The summed E-state index contributed by atoms with van der Waals surface area (Å²) in [5.74, 6) is 0.224. The van der Waals surface area contributed by atoms with E-state index in [0.717, 1.165) is 15.1 Å². The standard InChI is InChI=1S/C14H12N2OS3/c1-15-9-4-3-8-5-10(19-11(8)6-9)7-12-13(17)16(2)14(18)20-12/h3-7,17H,1-2H3/b10-7-,15-9?. The molecule has 0 saturated carbocycles. The second kappa shape index (κ2) is 5.12. The van der Waals surface area contributed by atoms with E-state index in [4.69, 9.17) is 12.2 Å². The fraction of sp³-hybridized carbons (Fsp3) is 0.143. The molecule has 20 heavy (non-hydrogen) atoms. The van der Waals surface area contributed by atoms with Gasteiger partial charge in [-0.05, 0) is 42.1 Å². The molecule has 0 bridgehead atoms. The van der Waals surface area contributed by atoms with Crippen LogP contribution in [0.5, 0.6) is 5.88 Å². The van der Waals surface area contributed by atoms with Gasteiger partial charge in [0.25, 0.3) is 0 Å². The van der Waals surface area contributed by atoms with E-state index in [9.17, 15) is 5.11 Å². The zero-order valence-corrected chi connectivity index (χ0v) is 13.4. The van der Waals surface area contributed by atoms with Crippen LogP contribution in [0, 0.1) is 3.95 Å². The average molecular weight is 320 g/mol. The highest BCUT2D eigenvalue weighted by Crippen LogP contribution is 2.25. The first-order valence-electron chi connectivity index (χ1n) is 5.95. The van der Waals surface area contributed by atoms with Gasteiger partial charge in [0.15, 0.2) is 3.95 Å². The van der Waals surface area contributed by atoms with Gasteiger partial charge in [-0.1, -0.05) is 6.08 Å². The van der Waals surface area contributed by atoms with E-state index in [0.29, 0.717) is 3.95 Å². The van der Waals surface area contributed by atoms with Crippen molar-refractivity contribution in [3.8, 4) is 5.88 Å². The minimum absolute atomic E-state index is 0.224. The molecular formula is C14H12N2OS3. The molecule has 0 unspecified atom stereocenters. The summed E-state index contributed by atoms with van der Waals surface area (Å²) < 4.78 is 4.58.